The van der Waals surface area contributed by atoms with E-state index in [9.17, 15) is 4.79 Å². The lowest BCUT2D eigenvalue weighted by Gasteiger charge is -2.62. The molecular weight excluding hydrogens is 340 g/mol. The first-order chi connectivity index (χ1) is 13.3. The molecule has 28 heavy (non-hydrogen) atoms. The van der Waals surface area contributed by atoms with Crippen molar-refractivity contribution in [2.45, 2.75) is 125 Å². The molecule has 162 valence electrons. The van der Waals surface area contributed by atoms with Crippen molar-refractivity contribution >= 4 is 5.78 Å². The molecule has 1 nitrogen and oxygen atoms in total. The lowest BCUT2D eigenvalue weighted by molar-refractivity contribution is -0.131. The Labute approximate surface area is 175 Å². The zero-order valence-corrected chi connectivity index (χ0v) is 19.7. The van der Waals surface area contributed by atoms with Crippen LogP contribution in [0.1, 0.15) is 125 Å². The summed E-state index contributed by atoms with van der Waals surface area (Å²) < 4.78 is 0. The molecule has 0 aromatic heterocycles. The van der Waals surface area contributed by atoms with Gasteiger partial charge in [-0.15, -0.1) is 0 Å². The Morgan fingerprint density at radius 1 is 1.00 bits per heavy atom. The number of unbranched alkanes of at least 4 members (excludes halogenated alkanes) is 2. The monoisotopic (exact) mass is 388 g/mol. The van der Waals surface area contributed by atoms with Gasteiger partial charge in [0.05, 0.1) is 0 Å². The van der Waals surface area contributed by atoms with Crippen LogP contribution in [-0.2, 0) is 4.79 Å². The van der Waals surface area contributed by atoms with E-state index >= 15 is 0 Å². The summed E-state index contributed by atoms with van der Waals surface area (Å²) in [5.41, 5.74) is 0.955. The quantitative estimate of drug-likeness (QED) is 0.383. The number of ketones is 1. The summed E-state index contributed by atoms with van der Waals surface area (Å²) in [6.07, 6.45) is 17.9. The SMILES string of the molecule is CCCCCC(=O)CC[C@@]1(C)CCC[C@@]2(C)C3CCC(C(C)C)CC3CCC12. The molecular formula is C27H48O. The lowest BCUT2D eigenvalue weighted by Crippen LogP contribution is -2.53. The van der Waals surface area contributed by atoms with Crippen LogP contribution < -0.4 is 0 Å². The Morgan fingerprint density at radius 2 is 1.79 bits per heavy atom. The number of carbonyl (C=O) groups excluding carboxylic acids is 1. The van der Waals surface area contributed by atoms with Gasteiger partial charge in [-0.3, -0.25) is 4.79 Å². The molecule has 3 aliphatic carbocycles. The van der Waals surface area contributed by atoms with Crippen molar-refractivity contribution in [3.63, 3.8) is 0 Å². The van der Waals surface area contributed by atoms with E-state index in [1.54, 1.807) is 0 Å². The van der Waals surface area contributed by atoms with E-state index in [2.05, 4.69) is 34.6 Å². The number of Topliss-reactive ketones (excluding diaryl/α,β-unsaturated/α-hetero) is 1. The van der Waals surface area contributed by atoms with E-state index < -0.39 is 0 Å². The second-order valence-electron chi connectivity index (χ2n) is 11.8. The minimum absolute atomic E-state index is 0.410. The van der Waals surface area contributed by atoms with Crippen LogP contribution in [0.5, 0.6) is 0 Å². The maximum atomic E-state index is 12.5. The van der Waals surface area contributed by atoms with Crippen molar-refractivity contribution in [3.05, 3.63) is 0 Å². The number of hydrogen-bond donors (Lipinski definition) is 0. The first kappa shape index (κ1) is 22.4. The third-order valence-corrected chi connectivity index (χ3v) is 9.77. The predicted octanol–water partition coefficient (Wildman–Crippen LogP) is 8.21. The summed E-state index contributed by atoms with van der Waals surface area (Å²) >= 11 is 0. The molecule has 3 rings (SSSR count). The van der Waals surface area contributed by atoms with Gasteiger partial charge in [0.2, 0.25) is 0 Å². The standard InChI is InChI=1S/C27H48O/c1-6-7-8-10-23(28)15-18-26(4)16-9-17-27(5)24-13-11-21(20(2)3)19-22(24)12-14-25(26)27/h20-22,24-25H,6-19H2,1-5H3/t21?,22?,24?,25?,26-,27+/m1/s1. The molecule has 3 saturated carbocycles. The first-order valence-electron chi connectivity index (χ1n) is 12.8. The van der Waals surface area contributed by atoms with E-state index in [-0.39, 0.29) is 0 Å². The van der Waals surface area contributed by atoms with E-state index in [1.807, 2.05) is 0 Å². The van der Waals surface area contributed by atoms with Crippen LogP contribution in [0.25, 0.3) is 0 Å². The minimum atomic E-state index is 0.410. The van der Waals surface area contributed by atoms with Gasteiger partial charge < -0.3 is 0 Å². The Morgan fingerprint density at radius 3 is 2.50 bits per heavy atom. The van der Waals surface area contributed by atoms with Gasteiger partial charge in [-0.2, -0.15) is 0 Å². The topological polar surface area (TPSA) is 17.1 Å². The molecule has 6 atom stereocenters. The molecule has 0 amide bonds. The third-order valence-electron chi connectivity index (χ3n) is 9.77. The van der Waals surface area contributed by atoms with Crippen molar-refractivity contribution in [2.24, 2.45) is 40.4 Å². The average molecular weight is 389 g/mol. The van der Waals surface area contributed by atoms with Crippen molar-refractivity contribution in [3.8, 4) is 0 Å². The van der Waals surface area contributed by atoms with Crippen LogP contribution in [0.15, 0.2) is 0 Å². The Bertz CT molecular complexity index is 522. The highest BCUT2D eigenvalue weighted by molar-refractivity contribution is 5.78. The molecule has 0 saturated heterocycles. The summed E-state index contributed by atoms with van der Waals surface area (Å²) in [5, 5.41) is 0. The third kappa shape index (κ3) is 4.54. The Balaban J connectivity index is 1.65. The van der Waals surface area contributed by atoms with Gasteiger partial charge in [0.1, 0.15) is 5.78 Å². The number of hydrogen-bond acceptors (Lipinski definition) is 1. The molecule has 0 bridgehead atoms. The van der Waals surface area contributed by atoms with Crippen LogP contribution >= 0.6 is 0 Å². The van der Waals surface area contributed by atoms with Gasteiger partial charge in [0, 0.05) is 12.8 Å². The van der Waals surface area contributed by atoms with Gasteiger partial charge in [-0.1, -0.05) is 53.9 Å². The summed E-state index contributed by atoms with van der Waals surface area (Å²) in [5.74, 6) is 5.17. The second kappa shape index (κ2) is 9.22. The molecule has 0 radical (unpaired) electrons. The first-order valence-corrected chi connectivity index (χ1v) is 12.8. The fourth-order valence-electron chi connectivity index (χ4n) is 8.03. The molecule has 0 aromatic rings. The molecule has 0 heterocycles. The smallest absolute Gasteiger partial charge is 0.132 e. The van der Waals surface area contributed by atoms with Crippen molar-refractivity contribution in [1.82, 2.24) is 0 Å². The van der Waals surface area contributed by atoms with Crippen LogP contribution in [-0.4, -0.2) is 5.78 Å². The summed E-state index contributed by atoms with van der Waals surface area (Å²) in [6.45, 7) is 12.3. The van der Waals surface area contributed by atoms with Crippen molar-refractivity contribution in [2.75, 3.05) is 0 Å². The zero-order chi connectivity index (χ0) is 20.4. The highest BCUT2D eigenvalue weighted by atomic mass is 16.1. The molecule has 1 heteroatoms. The van der Waals surface area contributed by atoms with Gasteiger partial charge in [-0.25, -0.2) is 0 Å². The molecule has 4 unspecified atom stereocenters. The van der Waals surface area contributed by atoms with Crippen LogP contribution in [0.2, 0.25) is 0 Å². The van der Waals surface area contributed by atoms with Gasteiger partial charge >= 0.3 is 0 Å². The van der Waals surface area contributed by atoms with Crippen LogP contribution in [0.4, 0.5) is 0 Å². The van der Waals surface area contributed by atoms with E-state index in [0.29, 0.717) is 16.6 Å². The van der Waals surface area contributed by atoms with Crippen molar-refractivity contribution < 1.29 is 4.79 Å². The molecule has 0 N–H and O–H groups in total. The summed E-state index contributed by atoms with van der Waals surface area (Å²) in [7, 11) is 0. The second-order valence-corrected chi connectivity index (χ2v) is 11.8. The largest absolute Gasteiger partial charge is 0.300 e. The van der Waals surface area contributed by atoms with E-state index in [4.69, 9.17) is 0 Å². The average Bonchev–Trinajstić information content (AvgIpc) is 2.66. The zero-order valence-electron chi connectivity index (χ0n) is 19.7. The lowest BCUT2D eigenvalue weighted by atomic mass is 9.43. The minimum Gasteiger partial charge on any atom is -0.300 e. The summed E-state index contributed by atoms with van der Waals surface area (Å²) in [4.78, 5) is 12.5. The Hall–Kier alpha value is -0.330. The number of rotatable bonds is 8. The van der Waals surface area contributed by atoms with E-state index in [1.165, 1.54) is 64.2 Å². The maximum absolute atomic E-state index is 12.5. The highest BCUT2D eigenvalue weighted by Gasteiger charge is 2.56. The van der Waals surface area contributed by atoms with Crippen LogP contribution in [0.3, 0.4) is 0 Å². The van der Waals surface area contributed by atoms with Crippen molar-refractivity contribution in [1.29, 1.82) is 0 Å². The van der Waals surface area contributed by atoms with E-state index in [0.717, 1.165) is 55.3 Å². The number of carbonyl (C=O) groups is 1. The predicted molar refractivity (Wildman–Crippen MR) is 120 cm³/mol. The molecule has 0 aromatic carbocycles. The Kier molecular flexibility index (Phi) is 7.36. The normalized spacial score (nSPS) is 40.8. The fourth-order valence-corrected chi connectivity index (χ4v) is 8.03. The molecule has 0 aliphatic heterocycles. The fraction of sp³-hybridized carbons (Fsp3) is 0.963. The summed E-state index contributed by atoms with van der Waals surface area (Å²) in [6, 6.07) is 0. The van der Waals surface area contributed by atoms with Gasteiger partial charge in [0.15, 0.2) is 0 Å². The molecule has 3 aliphatic rings. The molecule has 0 spiro atoms. The van der Waals surface area contributed by atoms with Crippen LogP contribution in [0, 0.1) is 40.4 Å². The van der Waals surface area contributed by atoms with Gasteiger partial charge in [-0.05, 0) is 98.2 Å². The van der Waals surface area contributed by atoms with Gasteiger partial charge in [0.25, 0.3) is 0 Å². The number of fused-ring (bicyclic) bond motifs is 3. The highest BCUT2D eigenvalue weighted by Crippen LogP contribution is 2.65. The maximum Gasteiger partial charge on any atom is 0.132 e. The molecule has 3 fully saturated rings.